The summed E-state index contributed by atoms with van der Waals surface area (Å²) in [6.45, 7) is 2.68. The van der Waals surface area contributed by atoms with Crippen LogP contribution in [0.25, 0.3) is 11.5 Å². The number of rotatable bonds is 7. The number of pyridine rings is 1. The third-order valence-corrected chi connectivity index (χ3v) is 4.26. The van der Waals surface area contributed by atoms with Crippen molar-refractivity contribution >= 4 is 5.82 Å². The molecule has 2 heterocycles. The third-order valence-electron chi connectivity index (χ3n) is 4.26. The molecule has 0 fully saturated rings. The van der Waals surface area contributed by atoms with E-state index in [0.29, 0.717) is 24.7 Å². The van der Waals surface area contributed by atoms with E-state index >= 15 is 0 Å². The molecule has 0 radical (unpaired) electrons. The summed E-state index contributed by atoms with van der Waals surface area (Å²) in [6, 6.07) is 3.62. The Morgan fingerprint density at radius 1 is 1.32 bits per heavy atom. The molecule has 7 nitrogen and oxygen atoms in total. The van der Waals surface area contributed by atoms with Crippen LogP contribution >= 0.6 is 0 Å². The normalized spacial score (nSPS) is 14.2. The third kappa shape index (κ3) is 3.88. The molecule has 0 spiro atoms. The Kier molecular flexibility index (Phi) is 5.45. The van der Waals surface area contributed by atoms with Crippen LogP contribution in [0.2, 0.25) is 0 Å². The molecule has 0 aliphatic heterocycles. The zero-order valence-electron chi connectivity index (χ0n) is 14.9. The zero-order valence-corrected chi connectivity index (χ0v) is 14.9. The number of hydrogen-bond donors (Lipinski definition) is 1. The van der Waals surface area contributed by atoms with Crippen LogP contribution in [-0.4, -0.2) is 53.7 Å². The van der Waals surface area contributed by atoms with Crippen LogP contribution in [0.1, 0.15) is 24.6 Å². The van der Waals surface area contributed by atoms with E-state index in [0.717, 1.165) is 42.1 Å². The average Bonchev–Trinajstić information content (AvgIpc) is 3.09. The van der Waals surface area contributed by atoms with Gasteiger partial charge in [0.2, 0.25) is 0 Å². The van der Waals surface area contributed by atoms with Gasteiger partial charge in [-0.25, -0.2) is 9.97 Å². The largest absolute Gasteiger partial charge is 0.497 e. The molecular weight excluding hydrogens is 320 g/mol. The van der Waals surface area contributed by atoms with Crippen molar-refractivity contribution in [1.29, 1.82) is 0 Å². The van der Waals surface area contributed by atoms with Crippen molar-refractivity contribution in [3.05, 3.63) is 29.6 Å². The lowest BCUT2D eigenvalue weighted by atomic mass is 10.2. The molecule has 0 saturated carbocycles. The van der Waals surface area contributed by atoms with Crippen LogP contribution in [0, 0.1) is 0 Å². The molecule has 1 aliphatic carbocycles. The first-order valence-corrected chi connectivity index (χ1v) is 8.53. The van der Waals surface area contributed by atoms with E-state index in [9.17, 15) is 5.11 Å². The number of hydrogen-bond acceptors (Lipinski definition) is 7. The monoisotopic (exact) mass is 344 g/mol. The van der Waals surface area contributed by atoms with E-state index < -0.39 is 6.29 Å². The number of likely N-dealkylation sites (N-methyl/N-ethyl adjacent to an activating group) is 1. The van der Waals surface area contributed by atoms with E-state index in [1.807, 2.05) is 24.9 Å². The van der Waals surface area contributed by atoms with Gasteiger partial charge in [-0.2, -0.15) is 0 Å². The lowest BCUT2D eigenvalue weighted by Gasteiger charge is -2.24. The van der Waals surface area contributed by atoms with Gasteiger partial charge in [-0.3, -0.25) is 4.98 Å². The summed E-state index contributed by atoms with van der Waals surface area (Å²) >= 11 is 0. The van der Waals surface area contributed by atoms with Crippen molar-refractivity contribution in [1.82, 2.24) is 15.0 Å². The van der Waals surface area contributed by atoms with Gasteiger partial charge in [0.05, 0.1) is 13.7 Å². The Morgan fingerprint density at radius 2 is 2.16 bits per heavy atom. The maximum absolute atomic E-state index is 9.95. The quantitative estimate of drug-likeness (QED) is 0.767. The van der Waals surface area contributed by atoms with E-state index in [4.69, 9.17) is 19.4 Å². The maximum atomic E-state index is 9.95. The van der Waals surface area contributed by atoms with Gasteiger partial charge in [0.15, 0.2) is 12.1 Å². The number of anilines is 1. The van der Waals surface area contributed by atoms with Gasteiger partial charge >= 0.3 is 0 Å². The Balaban J connectivity index is 1.96. The number of ether oxygens (including phenoxy) is 2. The number of aromatic nitrogens is 3. The minimum absolute atomic E-state index is 0.349. The van der Waals surface area contributed by atoms with Gasteiger partial charge in [-0.15, -0.1) is 0 Å². The minimum atomic E-state index is -0.847. The fraction of sp³-hybridized carbons (Fsp3) is 0.500. The second-order valence-electron chi connectivity index (χ2n) is 6.02. The molecule has 0 bridgehead atoms. The van der Waals surface area contributed by atoms with Gasteiger partial charge in [-0.05, 0) is 32.3 Å². The molecule has 1 N–H and O–H groups in total. The number of nitrogens with zero attached hydrogens (tertiary/aromatic N) is 4. The fourth-order valence-corrected chi connectivity index (χ4v) is 3.07. The van der Waals surface area contributed by atoms with Gasteiger partial charge in [0.1, 0.15) is 17.3 Å². The van der Waals surface area contributed by atoms with Crippen molar-refractivity contribution in [2.75, 3.05) is 32.2 Å². The lowest BCUT2D eigenvalue weighted by Crippen LogP contribution is -2.32. The SMILES string of the molecule is CCOC(O)CN(C)c1nc(-c2cc(OC)ccn2)nc2c1CCC2. The van der Waals surface area contributed by atoms with E-state index in [2.05, 4.69) is 4.98 Å². The number of aliphatic hydroxyl groups excluding tert-OH is 1. The summed E-state index contributed by atoms with van der Waals surface area (Å²) in [5.74, 6) is 2.13. The molecule has 2 aromatic rings. The summed E-state index contributed by atoms with van der Waals surface area (Å²) < 4.78 is 10.5. The smallest absolute Gasteiger partial charge is 0.180 e. The van der Waals surface area contributed by atoms with Gasteiger partial charge in [-0.1, -0.05) is 0 Å². The summed E-state index contributed by atoms with van der Waals surface area (Å²) in [4.78, 5) is 15.7. The Labute approximate surface area is 147 Å². The van der Waals surface area contributed by atoms with Crippen LogP contribution in [0.15, 0.2) is 18.3 Å². The van der Waals surface area contributed by atoms with Gasteiger partial charge < -0.3 is 19.5 Å². The number of methoxy groups -OCH3 is 1. The van der Waals surface area contributed by atoms with E-state index in [-0.39, 0.29) is 0 Å². The first kappa shape index (κ1) is 17.6. The molecule has 134 valence electrons. The molecular formula is C18H24N4O3. The van der Waals surface area contributed by atoms with Crippen LogP contribution in [-0.2, 0) is 17.6 Å². The molecule has 1 unspecified atom stereocenters. The van der Waals surface area contributed by atoms with Crippen molar-refractivity contribution in [3.63, 3.8) is 0 Å². The molecule has 0 amide bonds. The number of fused-ring (bicyclic) bond motifs is 1. The average molecular weight is 344 g/mol. The summed E-state index contributed by atoms with van der Waals surface area (Å²) in [5, 5.41) is 9.95. The van der Waals surface area contributed by atoms with Gasteiger partial charge in [0, 0.05) is 37.2 Å². The maximum Gasteiger partial charge on any atom is 0.180 e. The van der Waals surface area contributed by atoms with Crippen molar-refractivity contribution in [2.24, 2.45) is 0 Å². The predicted octanol–water partition coefficient (Wildman–Crippen LogP) is 1.83. The van der Waals surface area contributed by atoms with Gasteiger partial charge in [0.25, 0.3) is 0 Å². The standard InChI is InChI=1S/C18H24N4O3/c1-4-25-16(23)11-22(2)18-13-6-5-7-14(13)20-17(21-18)15-10-12(24-3)8-9-19-15/h8-10,16,23H,4-7,11H2,1-3H3. The zero-order chi connectivity index (χ0) is 17.8. The van der Waals surface area contributed by atoms with Crippen LogP contribution < -0.4 is 9.64 Å². The summed E-state index contributed by atoms with van der Waals surface area (Å²) in [7, 11) is 3.53. The highest BCUT2D eigenvalue weighted by Crippen LogP contribution is 2.31. The predicted molar refractivity (Wildman–Crippen MR) is 94.7 cm³/mol. The topological polar surface area (TPSA) is 80.6 Å². The Bertz CT molecular complexity index is 738. The minimum Gasteiger partial charge on any atom is -0.497 e. The van der Waals surface area contributed by atoms with Crippen molar-refractivity contribution in [2.45, 2.75) is 32.5 Å². The highest BCUT2D eigenvalue weighted by molar-refractivity contribution is 5.59. The molecule has 0 aromatic carbocycles. The van der Waals surface area contributed by atoms with Crippen LogP contribution in [0.4, 0.5) is 5.82 Å². The molecule has 2 aromatic heterocycles. The second kappa shape index (κ2) is 7.76. The summed E-state index contributed by atoms with van der Waals surface area (Å²) in [6.07, 6.45) is 3.79. The fourth-order valence-electron chi connectivity index (χ4n) is 3.07. The Hall–Kier alpha value is -2.25. The van der Waals surface area contributed by atoms with Crippen LogP contribution in [0.3, 0.4) is 0 Å². The van der Waals surface area contributed by atoms with E-state index in [1.54, 1.807) is 19.4 Å². The molecule has 25 heavy (non-hydrogen) atoms. The molecule has 3 rings (SSSR count). The number of aliphatic hydroxyl groups is 1. The second-order valence-corrected chi connectivity index (χ2v) is 6.02. The highest BCUT2D eigenvalue weighted by atomic mass is 16.6. The molecule has 7 heteroatoms. The van der Waals surface area contributed by atoms with Crippen LogP contribution in [0.5, 0.6) is 5.75 Å². The molecule has 0 saturated heterocycles. The lowest BCUT2D eigenvalue weighted by molar-refractivity contribution is -0.0869. The molecule has 1 atom stereocenters. The number of aryl methyl sites for hydroxylation is 1. The van der Waals surface area contributed by atoms with Crippen molar-refractivity contribution in [3.8, 4) is 17.3 Å². The molecule has 1 aliphatic rings. The van der Waals surface area contributed by atoms with Crippen molar-refractivity contribution < 1.29 is 14.6 Å². The first-order chi connectivity index (χ1) is 12.1. The first-order valence-electron chi connectivity index (χ1n) is 8.53. The van der Waals surface area contributed by atoms with E-state index in [1.165, 1.54) is 0 Å². The Morgan fingerprint density at radius 3 is 2.92 bits per heavy atom. The summed E-state index contributed by atoms with van der Waals surface area (Å²) in [5.41, 5.74) is 2.88. The highest BCUT2D eigenvalue weighted by Gasteiger charge is 2.23.